The number of carbonyl (C=O) groups is 2. The highest BCUT2D eigenvalue weighted by atomic mass is 16.4. The Morgan fingerprint density at radius 3 is 2.11 bits per heavy atom. The van der Waals surface area contributed by atoms with Gasteiger partial charge in [-0.3, -0.25) is 9.59 Å². The molecule has 0 spiro atoms. The van der Waals surface area contributed by atoms with Gasteiger partial charge in [-0.05, 0) is 25.7 Å². The average Bonchev–Trinajstić information content (AvgIpc) is 2.27. The lowest BCUT2D eigenvalue weighted by Gasteiger charge is -2.39. The molecule has 0 aromatic heterocycles. The SMILES string of the molecule is CC1(C(=O)NCC2(C(=O)O)CCC2)CCCCC1. The van der Waals surface area contributed by atoms with Gasteiger partial charge in [0.1, 0.15) is 0 Å². The third-order valence-electron chi connectivity index (χ3n) is 4.86. The van der Waals surface area contributed by atoms with Gasteiger partial charge >= 0.3 is 5.97 Å². The molecule has 0 aromatic rings. The van der Waals surface area contributed by atoms with E-state index in [1.54, 1.807) is 0 Å². The molecule has 2 fully saturated rings. The minimum atomic E-state index is -0.761. The maximum atomic E-state index is 12.2. The van der Waals surface area contributed by atoms with Gasteiger partial charge < -0.3 is 10.4 Å². The van der Waals surface area contributed by atoms with Crippen LogP contribution in [0.25, 0.3) is 0 Å². The molecule has 2 saturated carbocycles. The number of carboxylic acids is 1. The minimum absolute atomic E-state index is 0.0507. The normalized spacial score (nSPS) is 24.9. The van der Waals surface area contributed by atoms with Crippen molar-refractivity contribution in [2.75, 3.05) is 6.54 Å². The Balaban J connectivity index is 1.89. The summed E-state index contributed by atoms with van der Waals surface area (Å²) in [6.07, 6.45) is 7.62. The molecule has 18 heavy (non-hydrogen) atoms. The van der Waals surface area contributed by atoms with Crippen molar-refractivity contribution >= 4 is 11.9 Å². The molecule has 0 saturated heterocycles. The summed E-state index contributed by atoms with van der Waals surface area (Å²) in [5.74, 6) is -0.711. The van der Waals surface area contributed by atoms with E-state index in [2.05, 4.69) is 5.32 Å². The first-order valence-electron chi connectivity index (χ1n) is 7.00. The van der Waals surface area contributed by atoms with Crippen molar-refractivity contribution in [1.29, 1.82) is 0 Å². The Kier molecular flexibility index (Phi) is 3.64. The smallest absolute Gasteiger partial charge is 0.311 e. The second kappa shape index (κ2) is 4.90. The number of nitrogens with one attached hydrogen (secondary N) is 1. The number of hydrogen-bond donors (Lipinski definition) is 2. The van der Waals surface area contributed by atoms with E-state index in [0.29, 0.717) is 19.4 Å². The average molecular weight is 253 g/mol. The second-order valence-corrected chi connectivity index (χ2v) is 6.24. The van der Waals surface area contributed by atoms with Gasteiger partial charge in [-0.25, -0.2) is 0 Å². The van der Waals surface area contributed by atoms with Crippen LogP contribution in [-0.4, -0.2) is 23.5 Å². The lowest BCUT2D eigenvalue weighted by Crippen LogP contribution is -2.50. The van der Waals surface area contributed by atoms with Gasteiger partial charge in [-0.2, -0.15) is 0 Å². The molecule has 2 rings (SSSR count). The van der Waals surface area contributed by atoms with Gasteiger partial charge in [0, 0.05) is 12.0 Å². The fourth-order valence-electron chi connectivity index (χ4n) is 3.09. The van der Waals surface area contributed by atoms with Crippen LogP contribution in [0.1, 0.15) is 58.3 Å². The zero-order valence-corrected chi connectivity index (χ0v) is 11.1. The van der Waals surface area contributed by atoms with Crippen molar-refractivity contribution in [3.8, 4) is 0 Å². The van der Waals surface area contributed by atoms with Gasteiger partial charge in [-0.1, -0.05) is 32.6 Å². The zero-order valence-electron chi connectivity index (χ0n) is 11.1. The summed E-state index contributed by atoms with van der Waals surface area (Å²) in [5, 5.41) is 12.1. The largest absolute Gasteiger partial charge is 0.481 e. The highest BCUT2D eigenvalue weighted by molar-refractivity contribution is 5.83. The molecular weight excluding hydrogens is 230 g/mol. The topological polar surface area (TPSA) is 66.4 Å². The first-order valence-corrected chi connectivity index (χ1v) is 7.00. The summed E-state index contributed by atoms with van der Waals surface area (Å²) in [6, 6.07) is 0. The summed E-state index contributed by atoms with van der Waals surface area (Å²) in [6.45, 7) is 2.31. The summed E-state index contributed by atoms with van der Waals surface area (Å²) >= 11 is 0. The van der Waals surface area contributed by atoms with Crippen LogP contribution in [0.4, 0.5) is 0 Å². The zero-order chi connectivity index (χ0) is 13.2. The maximum absolute atomic E-state index is 12.2. The number of aliphatic carboxylic acids is 1. The van der Waals surface area contributed by atoms with Crippen LogP contribution in [-0.2, 0) is 9.59 Å². The molecule has 4 heteroatoms. The van der Waals surface area contributed by atoms with Crippen molar-refractivity contribution in [2.45, 2.75) is 58.3 Å². The molecule has 0 heterocycles. The highest BCUT2D eigenvalue weighted by Gasteiger charge is 2.45. The standard InChI is InChI=1S/C14H23NO3/c1-13(6-3-2-4-7-13)11(16)15-10-14(12(17)18)8-5-9-14/h2-10H2,1H3,(H,15,16)(H,17,18). The number of carbonyl (C=O) groups excluding carboxylic acids is 1. The Morgan fingerprint density at radius 1 is 1.06 bits per heavy atom. The molecule has 0 aromatic carbocycles. The molecule has 0 bridgehead atoms. The summed E-state index contributed by atoms with van der Waals surface area (Å²) in [5.41, 5.74) is -0.956. The summed E-state index contributed by atoms with van der Waals surface area (Å²) in [7, 11) is 0. The van der Waals surface area contributed by atoms with Crippen LogP contribution in [0, 0.1) is 10.8 Å². The summed E-state index contributed by atoms with van der Waals surface area (Å²) in [4.78, 5) is 23.4. The van der Waals surface area contributed by atoms with Crippen molar-refractivity contribution in [1.82, 2.24) is 5.32 Å². The number of rotatable bonds is 4. The molecule has 2 aliphatic carbocycles. The van der Waals surface area contributed by atoms with Gasteiger partial charge in [0.2, 0.25) is 5.91 Å². The first-order chi connectivity index (χ1) is 8.49. The van der Waals surface area contributed by atoms with E-state index in [1.807, 2.05) is 6.92 Å². The Morgan fingerprint density at radius 2 is 1.67 bits per heavy atom. The van der Waals surface area contributed by atoms with Crippen LogP contribution < -0.4 is 5.32 Å². The molecule has 2 aliphatic rings. The molecule has 0 atom stereocenters. The van der Waals surface area contributed by atoms with Crippen LogP contribution in [0.15, 0.2) is 0 Å². The first kappa shape index (κ1) is 13.4. The van der Waals surface area contributed by atoms with Crippen LogP contribution in [0.2, 0.25) is 0 Å². The molecule has 2 N–H and O–H groups in total. The van der Waals surface area contributed by atoms with Gasteiger partial charge in [0.15, 0.2) is 0 Å². The van der Waals surface area contributed by atoms with E-state index >= 15 is 0 Å². The monoisotopic (exact) mass is 253 g/mol. The molecular formula is C14H23NO3. The van der Waals surface area contributed by atoms with Crippen molar-refractivity contribution in [2.24, 2.45) is 10.8 Å². The van der Waals surface area contributed by atoms with Gasteiger partial charge in [-0.15, -0.1) is 0 Å². The Bertz CT molecular complexity index is 341. The quantitative estimate of drug-likeness (QED) is 0.808. The minimum Gasteiger partial charge on any atom is -0.481 e. The number of amides is 1. The molecule has 0 aliphatic heterocycles. The highest BCUT2D eigenvalue weighted by Crippen LogP contribution is 2.41. The van der Waals surface area contributed by atoms with E-state index in [4.69, 9.17) is 0 Å². The van der Waals surface area contributed by atoms with E-state index in [-0.39, 0.29) is 11.3 Å². The van der Waals surface area contributed by atoms with Gasteiger partial charge in [0.05, 0.1) is 5.41 Å². The summed E-state index contributed by atoms with van der Waals surface area (Å²) < 4.78 is 0. The van der Waals surface area contributed by atoms with Crippen molar-refractivity contribution in [3.63, 3.8) is 0 Å². The number of hydrogen-bond acceptors (Lipinski definition) is 2. The van der Waals surface area contributed by atoms with Crippen LogP contribution >= 0.6 is 0 Å². The fourth-order valence-corrected chi connectivity index (χ4v) is 3.09. The van der Waals surface area contributed by atoms with Crippen molar-refractivity contribution < 1.29 is 14.7 Å². The third-order valence-corrected chi connectivity index (χ3v) is 4.86. The third kappa shape index (κ3) is 2.38. The lowest BCUT2D eigenvalue weighted by molar-refractivity contribution is -0.154. The Hall–Kier alpha value is -1.06. The number of carboxylic acid groups (broad SMARTS) is 1. The molecule has 0 unspecified atom stereocenters. The molecule has 102 valence electrons. The van der Waals surface area contributed by atoms with E-state index in [0.717, 1.165) is 32.1 Å². The molecule has 0 radical (unpaired) electrons. The Labute approximate surface area is 108 Å². The van der Waals surface area contributed by atoms with Crippen molar-refractivity contribution in [3.05, 3.63) is 0 Å². The predicted molar refractivity (Wildman–Crippen MR) is 68.1 cm³/mol. The maximum Gasteiger partial charge on any atom is 0.311 e. The predicted octanol–water partition coefficient (Wildman–Crippen LogP) is 2.33. The van der Waals surface area contributed by atoms with Gasteiger partial charge in [0.25, 0.3) is 0 Å². The fraction of sp³-hybridized carbons (Fsp3) is 0.857. The lowest BCUT2D eigenvalue weighted by atomic mass is 9.68. The van der Waals surface area contributed by atoms with Crippen LogP contribution in [0.3, 0.4) is 0 Å². The molecule has 1 amide bonds. The molecule has 4 nitrogen and oxygen atoms in total. The second-order valence-electron chi connectivity index (χ2n) is 6.24. The van der Waals surface area contributed by atoms with Crippen LogP contribution in [0.5, 0.6) is 0 Å². The van der Waals surface area contributed by atoms with E-state index < -0.39 is 11.4 Å². The van der Waals surface area contributed by atoms with E-state index in [1.165, 1.54) is 6.42 Å². The van der Waals surface area contributed by atoms with E-state index in [9.17, 15) is 14.7 Å².